The molecule has 0 atom stereocenters. The van der Waals surface area contributed by atoms with Gasteiger partial charge in [-0.1, -0.05) is 18.3 Å². The van der Waals surface area contributed by atoms with Gasteiger partial charge in [0.1, 0.15) is 10.8 Å². The number of nitrogens with two attached hydrogens (primary N) is 1. The predicted molar refractivity (Wildman–Crippen MR) is 79.9 cm³/mol. The van der Waals surface area contributed by atoms with Gasteiger partial charge in [0, 0.05) is 18.8 Å². The Morgan fingerprint density at radius 3 is 2.26 bits per heavy atom. The lowest BCUT2D eigenvalue weighted by Crippen LogP contribution is -2.30. The zero-order valence-corrected chi connectivity index (χ0v) is 11.8. The lowest BCUT2D eigenvalue weighted by molar-refractivity contribution is 0.620. The molecule has 1 aromatic rings. The maximum atomic E-state index is 14.0. The molecule has 0 aromatic heterocycles. The van der Waals surface area contributed by atoms with E-state index in [0.717, 1.165) is 30.6 Å². The largest absolute Gasteiger partial charge is 0.389 e. The van der Waals surface area contributed by atoms with Gasteiger partial charge in [-0.3, -0.25) is 0 Å². The van der Waals surface area contributed by atoms with Crippen molar-refractivity contribution >= 4 is 22.9 Å². The van der Waals surface area contributed by atoms with E-state index >= 15 is 0 Å². The summed E-state index contributed by atoms with van der Waals surface area (Å²) >= 11 is 5.03. The van der Waals surface area contributed by atoms with E-state index in [2.05, 4.69) is 4.90 Å². The molecule has 2 nitrogen and oxygen atoms in total. The number of benzene rings is 1. The van der Waals surface area contributed by atoms with Crippen LogP contribution in [-0.4, -0.2) is 18.1 Å². The third-order valence-electron chi connectivity index (χ3n) is 3.93. The Hall–Kier alpha value is -1.16. The summed E-state index contributed by atoms with van der Waals surface area (Å²) in [5, 5.41) is 0. The van der Waals surface area contributed by atoms with Crippen molar-refractivity contribution in [3.8, 4) is 0 Å². The van der Waals surface area contributed by atoms with Crippen LogP contribution in [0.4, 0.5) is 10.1 Å². The van der Waals surface area contributed by atoms with Gasteiger partial charge >= 0.3 is 0 Å². The molecule has 4 heteroatoms. The number of anilines is 1. The SMILES string of the molecule is NC(=S)c1c(F)cccc1N(CC1CC1)CC1CC1. The van der Waals surface area contributed by atoms with Crippen LogP contribution in [0.2, 0.25) is 0 Å². The molecule has 0 spiro atoms. The van der Waals surface area contributed by atoms with Crippen LogP contribution in [-0.2, 0) is 0 Å². The lowest BCUT2D eigenvalue weighted by Gasteiger charge is -2.27. The average molecular weight is 278 g/mol. The maximum Gasteiger partial charge on any atom is 0.135 e. The monoisotopic (exact) mass is 278 g/mol. The van der Waals surface area contributed by atoms with Crippen molar-refractivity contribution in [1.82, 2.24) is 0 Å². The van der Waals surface area contributed by atoms with Crippen LogP contribution >= 0.6 is 12.2 Å². The van der Waals surface area contributed by atoms with Gasteiger partial charge in [-0.15, -0.1) is 0 Å². The van der Waals surface area contributed by atoms with Crippen molar-refractivity contribution in [1.29, 1.82) is 0 Å². The van der Waals surface area contributed by atoms with Crippen LogP contribution in [0.15, 0.2) is 18.2 Å². The van der Waals surface area contributed by atoms with Crippen molar-refractivity contribution in [3.05, 3.63) is 29.6 Å². The van der Waals surface area contributed by atoms with E-state index in [0.29, 0.717) is 5.56 Å². The van der Waals surface area contributed by atoms with Gasteiger partial charge in [-0.25, -0.2) is 4.39 Å². The number of hydrogen-bond donors (Lipinski definition) is 1. The van der Waals surface area contributed by atoms with Crippen LogP contribution in [0.1, 0.15) is 31.2 Å². The summed E-state index contributed by atoms with van der Waals surface area (Å²) in [7, 11) is 0. The smallest absolute Gasteiger partial charge is 0.135 e. The van der Waals surface area contributed by atoms with Crippen molar-refractivity contribution in [2.75, 3.05) is 18.0 Å². The van der Waals surface area contributed by atoms with Crippen molar-refractivity contribution in [2.45, 2.75) is 25.7 Å². The Kier molecular flexibility index (Phi) is 3.44. The molecule has 2 aliphatic carbocycles. The summed E-state index contributed by atoms with van der Waals surface area (Å²) in [6.07, 6.45) is 5.16. The highest BCUT2D eigenvalue weighted by molar-refractivity contribution is 7.80. The quantitative estimate of drug-likeness (QED) is 0.811. The predicted octanol–water partition coefficient (Wildman–Crippen LogP) is 3.09. The fourth-order valence-corrected chi connectivity index (χ4v) is 2.72. The average Bonchev–Trinajstić information content (AvgIpc) is 3.22. The number of thiocarbonyl (C=S) groups is 1. The van der Waals surface area contributed by atoms with Crippen LogP contribution in [0, 0.1) is 17.7 Å². The summed E-state index contributed by atoms with van der Waals surface area (Å²) in [5.74, 6) is 1.23. The van der Waals surface area contributed by atoms with E-state index in [9.17, 15) is 4.39 Å². The molecule has 0 radical (unpaired) electrons. The molecule has 3 rings (SSSR count). The molecule has 2 fully saturated rings. The molecule has 0 heterocycles. The molecule has 0 saturated heterocycles. The second kappa shape index (κ2) is 5.08. The molecule has 102 valence electrons. The lowest BCUT2D eigenvalue weighted by atomic mass is 10.1. The van der Waals surface area contributed by atoms with E-state index in [-0.39, 0.29) is 10.8 Å². The Bertz CT molecular complexity index is 481. The molecular weight excluding hydrogens is 259 g/mol. The first kappa shape index (κ1) is 12.9. The number of rotatable bonds is 6. The number of nitrogens with zero attached hydrogens (tertiary/aromatic N) is 1. The molecule has 0 aliphatic heterocycles. The summed E-state index contributed by atoms with van der Waals surface area (Å²) in [4.78, 5) is 2.46. The molecule has 2 saturated carbocycles. The Morgan fingerprint density at radius 1 is 1.21 bits per heavy atom. The standard InChI is InChI=1S/C15H19FN2S/c16-12-2-1-3-13(14(12)15(17)19)18(8-10-4-5-10)9-11-6-7-11/h1-3,10-11H,4-9H2,(H2,17,19). The van der Waals surface area contributed by atoms with Gasteiger partial charge in [-0.2, -0.15) is 0 Å². The van der Waals surface area contributed by atoms with Crippen molar-refractivity contribution < 1.29 is 4.39 Å². The molecule has 2 N–H and O–H groups in total. The minimum absolute atomic E-state index is 0.157. The molecule has 0 bridgehead atoms. The zero-order chi connectivity index (χ0) is 13.4. The van der Waals surface area contributed by atoms with Crippen LogP contribution in [0.5, 0.6) is 0 Å². The highest BCUT2D eigenvalue weighted by atomic mass is 32.1. The van der Waals surface area contributed by atoms with Gasteiger partial charge < -0.3 is 10.6 Å². The fourth-order valence-electron chi connectivity index (χ4n) is 2.52. The maximum absolute atomic E-state index is 14.0. The first-order chi connectivity index (χ1) is 9.15. The van der Waals surface area contributed by atoms with E-state index in [1.54, 1.807) is 6.07 Å². The molecular formula is C15H19FN2S. The topological polar surface area (TPSA) is 29.3 Å². The number of hydrogen-bond acceptors (Lipinski definition) is 2. The first-order valence-electron chi connectivity index (χ1n) is 6.98. The van der Waals surface area contributed by atoms with E-state index in [4.69, 9.17) is 18.0 Å². The second-order valence-electron chi connectivity index (χ2n) is 5.79. The Balaban J connectivity index is 1.90. The van der Waals surface area contributed by atoms with E-state index in [1.165, 1.54) is 31.7 Å². The normalized spacial score (nSPS) is 18.4. The summed E-state index contributed by atoms with van der Waals surface area (Å²) in [5.41, 5.74) is 7.01. The van der Waals surface area contributed by atoms with Crippen LogP contribution < -0.4 is 10.6 Å². The van der Waals surface area contributed by atoms with Crippen molar-refractivity contribution in [3.63, 3.8) is 0 Å². The molecule has 0 amide bonds. The Labute approximate surface area is 118 Å². The fraction of sp³-hybridized carbons (Fsp3) is 0.533. The summed E-state index contributed by atoms with van der Waals surface area (Å²) in [6, 6.07) is 5.13. The van der Waals surface area contributed by atoms with E-state index in [1.807, 2.05) is 6.07 Å². The van der Waals surface area contributed by atoms with E-state index < -0.39 is 0 Å². The summed E-state index contributed by atoms with van der Waals surface area (Å²) in [6.45, 7) is 2.02. The third-order valence-corrected chi connectivity index (χ3v) is 4.13. The minimum Gasteiger partial charge on any atom is -0.389 e. The molecule has 0 unspecified atom stereocenters. The van der Waals surface area contributed by atoms with Crippen LogP contribution in [0.25, 0.3) is 0 Å². The molecule has 19 heavy (non-hydrogen) atoms. The van der Waals surface area contributed by atoms with Gasteiger partial charge in [0.15, 0.2) is 0 Å². The highest BCUT2D eigenvalue weighted by Gasteiger charge is 2.30. The second-order valence-corrected chi connectivity index (χ2v) is 6.23. The number of halogens is 1. The van der Waals surface area contributed by atoms with Gasteiger partial charge in [0.25, 0.3) is 0 Å². The first-order valence-corrected chi connectivity index (χ1v) is 7.39. The van der Waals surface area contributed by atoms with Gasteiger partial charge in [0.2, 0.25) is 0 Å². The highest BCUT2D eigenvalue weighted by Crippen LogP contribution is 2.37. The zero-order valence-electron chi connectivity index (χ0n) is 10.9. The van der Waals surface area contributed by atoms with Crippen molar-refractivity contribution in [2.24, 2.45) is 17.6 Å². The minimum atomic E-state index is -0.304. The Morgan fingerprint density at radius 2 is 1.79 bits per heavy atom. The molecule has 2 aliphatic rings. The van der Waals surface area contributed by atoms with Gasteiger partial charge in [0.05, 0.1) is 5.56 Å². The van der Waals surface area contributed by atoms with Gasteiger partial charge in [-0.05, 0) is 49.7 Å². The molecule has 1 aromatic carbocycles. The third kappa shape index (κ3) is 3.06. The summed E-state index contributed by atoms with van der Waals surface area (Å²) < 4.78 is 14.0. The van der Waals surface area contributed by atoms with Crippen LogP contribution in [0.3, 0.4) is 0 Å².